The second-order valence-corrected chi connectivity index (χ2v) is 10.6. The monoisotopic (exact) mass is 558 g/mol. The molecule has 2 N–H and O–H groups in total. The number of amides is 1. The lowest BCUT2D eigenvalue weighted by Crippen LogP contribution is -2.23. The normalized spacial score (nSPS) is 12.8. The van der Waals surface area contributed by atoms with E-state index in [4.69, 9.17) is 4.98 Å². The first-order valence-electron chi connectivity index (χ1n) is 13.6. The Hall–Kier alpha value is -5.38. The van der Waals surface area contributed by atoms with Crippen LogP contribution in [0.4, 0.5) is 21.8 Å². The average Bonchev–Trinajstić information content (AvgIpc) is 3.65. The quantitative estimate of drug-likeness (QED) is 0.254. The van der Waals surface area contributed by atoms with Gasteiger partial charge in [-0.2, -0.15) is 5.10 Å². The summed E-state index contributed by atoms with van der Waals surface area (Å²) in [6.07, 6.45) is 7.17. The van der Waals surface area contributed by atoms with Crippen molar-refractivity contribution in [1.82, 2.24) is 29.7 Å². The number of anilines is 3. The molecule has 5 heterocycles. The molecule has 1 aliphatic rings. The van der Waals surface area contributed by atoms with Gasteiger partial charge in [-0.05, 0) is 61.2 Å². The van der Waals surface area contributed by atoms with Crippen LogP contribution >= 0.6 is 0 Å². The number of carbonyl (C=O) groups excluding carboxylic acids is 1. The Morgan fingerprint density at radius 1 is 1.02 bits per heavy atom. The molecule has 0 unspecified atom stereocenters. The van der Waals surface area contributed by atoms with Gasteiger partial charge in [0.1, 0.15) is 5.82 Å². The highest BCUT2D eigenvalue weighted by molar-refractivity contribution is 6.15. The van der Waals surface area contributed by atoms with Crippen LogP contribution in [-0.2, 0) is 13.6 Å². The fourth-order valence-electron chi connectivity index (χ4n) is 5.62. The molecule has 0 aliphatic carbocycles. The molecule has 9 nitrogen and oxygen atoms in total. The number of aromatic amines is 1. The minimum atomic E-state index is -0.527. The van der Waals surface area contributed by atoms with E-state index in [2.05, 4.69) is 25.4 Å². The average molecular weight is 559 g/mol. The van der Waals surface area contributed by atoms with E-state index in [0.717, 1.165) is 50.1 Å². The van der Waals surface area contributed by atoms with Crippen LogP contribution < -0.4 is 10.2 Å². The van der Waals surface area contributed by atoms with Gasteiger partial charge in [0, 0.05) is 60.1 Å². The Morgan fingerprint density at radius 2 is 1.88 bits per heavy atom. The number of benzene rings is 2. The van der Waals surface area contributed by atoms with Crippen molar-refractivity contribution in [3.63, 3.8) is 0 Å². The lowest BCUT2D eigenvalue weighted by molar-refractivity contribution is 0.0993. The highest BCUT2D eigenvalue weighted by atomic mass is 19.1. The van der Waals surface area contributed by atoms with E-state index in [-0.39, 0.29) is 18.0 Å². The first-order valence-corrected chi connectivity index (χ1v) is 13.6. The molecule has 1 amide bonds. The summed E-state index contributed by atoms with van der Waals surface area (Å²) in [6.45, 7) is 6.13. The van der Waals surface area contributed by atoms with Gasteiger partial charge in [-0.15, -0.1) is 0 Å². The van der Waals surface area contributed by atoms with Crippen LogP contribution in [0.1, 0.15) is 32.7 Å². The molecule has 0 bridgehead atoms. The van der Waals surface area contributed by atoms with E-state index in [1.165, 1.54) is 6.07 Å². The Morgan fingerprint density at radius 3 is 2.67 bits per heavy atom. The number of aryl methyl sites for hydroxylation is 4. The summed E-state index contributed by atoms with van der Waals surface area (Å²) < 4.78 is 16.9. The summed E-state index contributed by atoms with van der Waals surface area (Å²) in [5, 5.41) is 8.51. The van der Waals surface area contributed by atoms with Crippen molar-refractivity contribution in [2.24, 2.45) is 7.05 Å². The number of halogens is 1. The largest absolute Gasteiger partial charge is 0.359 e. The fourth-order valence-corrected chi connectivity index (χ4v) is 5.62. The number of H-pyrrole nitrogens is 1. The van der Waals surface area contributed by atoms with Crippen molar-refractivity contribution in [2.45, 2.75) is 27.3 Å². The van der Waals surface area contributed by atoms with Gasteiger partial charge in [0.05, 0.1) is 29.0 Å². The van der Waals surface area contributed by atoms with Gasteiger partial charge < -0.3 is 15.2 Å². The highest BCUT2D eigenvalue weighted by Gasteiger charge is 2.35. The molecule has 0 atom stereocenters. The van der Waals surface area contributed by atoms with Crippen LogP contribution in [0.15, 0.2) is 67.3 Å². The summed E-state index contributed by atoms with van der Waals surface area (Å²) in [4.78, 5) is 32.3. The van der Waals surface area contributed by atoms with Crippen LogP contribution in [0.2, 0.25) is 0 Å². The summed E-state index contributed by atoms with van der Waals surface area (Å²) in [5.74, 6) is 0.189. The number of rotatable bonds is 5. The highest BCUT2D eigenvalue weighted by Crippen LogP contribution is 2.40. The van der Waals surface area contributed by atoms with E-state index in [1.807, 2.05) is 64.3 Å². The molecule has 0 saturated carbocycles. The molecular formula is C32H27FN8O. The van der Waals surface area contributed by atoms with Crippen LogP contribution in [0.3, 0.4) is 0 Å². The molecule has 10 heteroatoms. The van der Waals surface area contributed by atoms with Crippen LogP contribution in [0, 0.1) is 26.6 Å². The van der Waals surface area contributed by atoms with Gasteiger partial charge in [-0.3, -0.25) is 14.5 Å². The molecule has 7 rings (SSSR count). The zero-order valence-electron chi connectivity index (χ0n) is 23.5. The lowest BCUT2D eigenvalue weighted by atomic mass is 9.97. The van der Waals surface area contributed by atoms with Crippen molar-refractivity contribution >= 4 is 34.3 Å². The van der Waals surface area contributed by atoms with E-state index >= 15 is 4.39 Å². The fraction of sp³-hybridized carbons (Fsp3) is 0.156. The zero-order valence-corrected chi connectivity index (χ0v) is 23.5. The van der Waals surface area contributed by atoms with Gasteiger partial charge in [-0.25, -0.2) is 14.4 Å². The van der Waals surface area contributed by atoms with Gasteiger partial charge in [0.15, 0.2) is 5.82 Å². The number of hydrogen-bond acceptors (Lipinski definition) is 6. The molecule has 42 heavy (non-hydrogen) atoms. The molecule has 2 aromatic carbocycles. The van der Waals surface area contributed by atoms with Gasteiger partial charge in [0.2, 0.25) is 5.95 Å². The maximum Gasteiger partial charge on any atom is 0.262 e. The number of carbonyl (C=O) groups is 1. The summed E-state index contributed by atoms with van der Waals surface area (Å²) >= 11 is 0. The minimum Gasteiger partial charge on any atom is -0.359 e. The number of nitrogens with one attached hydrogen (secondary N) is 2. The van der Waals surface area contributed by atoms with Crippen LogP contribution in [0.25, 0.3) is 33.3 Å². The standard InChI is InChI=1S/C32H27FN8O/c1-17-10-20(14-34-12-17)21-8-9-25(33)28-24(21)16-41(31(28)42)26-7-5-6-22-23(15-35-30(22)26)29-18(2)13-36-32(38-29)37-27-11-19(3)40(4)39-27/h5-15,35H,16H2,1-4H3,(H,36,37,38,39). The first-order chi connectivity index (χ1) is 20.3. The van der Waals surface area contributed by atoms with Gasteiger partial charge in [0.25, 0.3) is 5.91 Å². The van der Waals surface area contributed by atoms with Crippen molar-refractivity contribution < 1.29 is 9.18 Å². The Kier molecular flexibility index (Phi) is 5.86. The predicted molar refractivity (Wildman–Crippen MR) is 160 cm³/mol. The Bertz CT molecular complexity index is 2020. The number of nitrogens with zero attached hydrogens (tertiary/aromatic N) is 6. The maximum atomic E-state index is 15.1. The number of hydrogen-bond donors (Lipinski definition) is 2. The molecule has 6 aromatic rings. The number of fused-ring (bicyclic) bond motifs is 2. The SMILES string of the molecule is Cc1cncc(-c2ccc(F)c3c2CN(c2cccc4c(-c5nc(Nc6cc(C)n(C)n6)ncc5C)c[nH]c24)C3=O)c1. The minimum absolute atomic E-state index is 0.102. The molecule has 208 valence electrons. The van der Waals surface area contributed by atoms with Crippen molar-refractivity contribution in [3.05, 3.63) is 101 Å². The maximum absolute atomic E-state index is 15.1. The van der Waals surface area contributed by atoms with E-state index in [0.29, 0.717) is 23.0 Å². The zero-order chi connectivity index (χ0) is 29.1. The molecule has 0 spiro atoms. The van der Waals surface area contributed by atoms with Crippen LogP contribution in [0.5, 0.6) is 0 Å². The smallest absolute Gasteiger partial charge is 0.262 e. The first kappa shape index (κ1) is 25.6. The molecule has 1 aliphatic heterocycles. The van der Waals surface area contributed by atoms with Crippen LogP contribution in [-0.4, -0.2) is 35.6 Å². The third-order valence-corrected chi connectivity index (χ3v) is 7.79. The molecule has 4 aromatic heterocycles. The predicted octanol–water partition coefficient (Wildman–Crippen LogP) is 6.39. The third-order valence-electron chi connectivity index (χ3n) is 7.79. The summed E-state index contributed by atoms with van der Waals surface area (Å²) in [5.41, 5.74) is 8.36. The van der Waals surface area contributed by atoms with E-state index < -0.39 is 5.82 Å². The van der Waals surface area contributed by atoms with Crippen molar-refractivity contribution in [2.75, 3.05) is 10.2 Å². The third kappa shape index (κ3) is 4.11. The summed E-state index contributed by atoms with van der Waals surface area (Å²) in [6, 6.07) is 12.8. The van der Waals surface area contributed by atoms with Crippen molar-refractivity contribution in [3.8, 4) is 22.4 Å². The molecular weight excluding hydrogens is 531 g/mol. The van der Waals surface area contributed by atoms with Gasteiger partial charge in [-0.1, -0.05) is 18.2 Å². The molecule has 0 radical (unpaired) electrons. The molecule has 0 fully saturated rings. The number of para-hydroxylation sites is 1. The van der Waals surface area contributed by atoms with E-state index in [1.54, 1.807) is 34.2 Å². The Labute approximate surface area is 241 Å². The van der Waals surface area contributed by atoms with E-state index in [9.17, 15) is 4.79 Å². The molecule has 0 saturated heterocycles. The number of pyridine rings is 1. The Balaban J connectivity index is 1.28. The number of aromatic nitrogens is 6. The summed E-state index contributed by atoms with van der Waals surface area (Å²) in [7, 11) is 1.88. The van der Waals surface area contributed by atoms with Crippen molar-refractivity contribution in [1.29, 1.82) is 0 Å². The lowest BCUT2D eigenvalue weighted by Gasteiger charge is -2.17. The topological polar surface area (TPSA) is 105 Å². The second-order valence-electron chi connectivity index (χ2n) is 10.6. The second kappa shape index (κ2) is 9.62. The van der Waals surface area contributed by atoms with Gasteiger partial charge >= 0.3 is 0 Å².